The zero-order chi connectivity index (χ0) is 12.8. The van der Waals surface area contributed by atoms with Gasteiger partial charge in [0.05, 0.1) is 5.52 Å². The summed E-state index contributed by atoms with van der Waals surface area (Å²) in [6.07, 6.45) is 1.64. The van der Waals surface area contributed by atoms with Crippen LogP contribution in [0.25, 0.3) is 10.9 Å². The van der Waals surface area contributed by atoms with Crippen molar-refractivity contribution in [1.29, 1.82) is 0 Å². The molecule has 0 aromatic carbocycles. The molecule has 90 valence electrons. The quantitative estimate of drug-likeness (QED) is 0.622. The summed E-state index contributed by atoms with van der Waals surface area (Å²) in [4.78, 5) is 22.4. The maximum atomic E-state index is 11.8. The molecule has 0 saturated carbocycles. The Morgan fingerprint density at radius 3 is 2.53 bits per heavy atom. The Bertz CT molecular complexity index is 639. The number of anilines is 2. The number of aromatic nitrogens is 3. The number of H-pyrrole nitrogens is 1. The number of nitrogen functional groups attached to an aromatic ring is 2. The van der Waals surface area contributed by atoms with E-state index in [9.17, 15) is 4.79 Å². The number of fused-ring (bicyclic) bond motifs is 1. The number of rotatable bonds is 0. The smallest absolute Gasteiger partial charge is 0.263 e. The normalized spacial score (nSPS) is 11.9. The van der Waals surface area contributed by atoms with E-state index in [1.807, 2.05) is 20.8 Å². The highest BCUT2D eigenvalue weighted by Crippen LogP contribution is 2.28. The molecule has 0 saturated heterocycles. The Balaban J connectivity index is 3.00. The van der Waals surface area contributed by atoms with Crippen LogP contribution in [0.1, 0.15) is 26.3 Å². The highest BCUT2D eigenvalue weighted by atomic mass is 16.1. The highest BCUT2D eigenvalue weighted by molar-refractivity contribution is 5.90. The van der Waals surface area contributed by atoms with Crippen molar-refractivity contribution in [2.45, 2.75) is 26.2 Å². The Morgan fingerprint density at radius 2 is 1.94 bits per heavy atom. The fraction of sp³-hybridized carbons (Fsp3) is 0.364. The maximum Gasteiger partial charge on any atom is 0.263 e. The molecule has 2 heterocycles. The van der Waals surface area contributed by atoms with Gasteiger partial charge in [0.15, 0.2) is 0 Å². The molecule has 6 nitrogen and oxygen atoms in total. The van der Waals surface area contributed by atoms with E-state index < -0.39 is 0 Å². The molecule has 0 bridgehead atoms. The number of nitrogens with two attached hydrogens (primary N) is 2. The third-order valence-corrected chi connectivity index (χ3v) is 2.59. The van der Waals surface area contributed by atoms with Crippen LogP contribution in [0.5, 0.6) is 0 Å². The first-order chi connectivity index (χ1) is 7.80. The van der Waals surface area contributed by atoms with E-state index in [4.69, 9.17) is 11.5 Å². The van der Waals surface area contributed by atoms with Gasteiger partial charge < -0.3 is 11.5 Å². The van der Waals surface area contributed by atoms with Crippen LogP contribution in [0.3, 0.4) is 0 Å². The molecule has 2 aromatic heterocycles. The van der Waals surface area contributed by atoms with Gasteiger partial charge in [0, 0.05) is 11.8 Å². The van der Waals surface area contributed by atoms with Gasteiger partial charge in [-0.05, 0) is 5.41 Å². The summed E-state index contributed by atoms with van der Waals surface area (Å²) in [5, 5.41) is 0.298. The van der Waals surface area contributed by atoms with Gasteiger partial charge in [0.25, 0.3) is 5.56 Å². The van der Waals surface area contributed by atoms with Gasteiger partial charge in [-0.3, -0.25) is 9.78 Å². The van der Waals surface area contributed by atoms with Crippen LogP contribution in [-0.4, -0.2) is 15.0 Å². The minimum Gasteiger partial charge on any atom is -0.383 e. The first-order valence-electron chi connectivity index (χ1n) is 5.25. The van der Waals surface area contributed by atoms with Gasteiger partial charge in [0.2, 0.25) is 5.95 Å². The molecule has 2 rings (SSSR count). The van der Waals surface area contributed by atoms with E-state index in [1.165, 1.54) is 0 Å². The summed E-state index contributed by atoms with van der Waals surface area (Å²) >= 11 is 0. The van der Waals surface area contributed by atoms with Crippen LogP contribution >= 0.6 is 0 Å². The number of hydrogen-bond acceptors (Lipinski definition) is 5. The molecule has 6 heteroatoms. The van der Waals surface area contributed by atoms with E-state index in [-0.39, 0.29) is 22.7 Å². The second-order valence-corrected chi connectivity index (χ2v) is 4.98. The van der Waals surface area contributed by atoms with Crippen molar-refractivity contribution in [2.75, 3.05) is 11.5 Å². The average Bonchev–Trinajstić information content (AvgIpc) is 2.14. The molecule has 5 N–H and O–H groups in total. The summed E-state index contributed by atoms with van der Waals surface area (Å²) in [6.45, 7) is 6.04. The third-order valence-electron chi connectivity index (χ3n) is 2.59. The van der Waals surface area contributed by atoms with E-state index >= 15 is 0 Å². The average molecular weight is 233 g/mol. The largest absolute Gasteiger partial charge is 0.383 e. The number of nitrogens with zero attached hydrogens (tertiary/aromatic N) is 2. The highest BCUT2D eigenvalue weighted by Gasteiger charge is 2.21. The van der Waals surface area contributed by atoms with E-state index in [0.29, 0.717) is 10.9 Å². The molecule has 0 radical (unpaired) electrons. The Labute approximate surface area is 98.1 Å². The molecule has 0 fully saturated rings. The molecule has 0 aliphatic rings. The third kappa shape index (κ3) is 1.82. The summed E-state index contributed by atoms with van der Waals surface area (Å²) < 4.78 is 0. The number of pyridine rings is 1. The van der Waals surface area contributed by atoms with Crippen LogP contribution in [0.2, 0.25) is 0 Å². The molecular formula is C11H15N5O. The number of aromatic amines is 1. The van der Waals surface area contributed by atoms with Crippen molar-refractivity contribution in [3.8, 4) is 0 Å². The van der Waals surface area contributed by atoms with Gasteiger partial charge in [0.1, 0.15) is 11.2 Å². The van der Waals surface area contributed by atoms with Crippen LogP contribution in [0, 0.1) is 0 Å². The molecule has 0 unspecified atom stereocenters. The van der Waals surface area contributed by atoms with Gasteiger partial charge in [-0.25, -0.2) is 9.97 Å². The first-order valence-corrected chi connectivity index (χ1v) is 5.25. The summed E-state index contributed by atoms with van der Waals surface area (Å²) in [5.41, 5.74) is 12.1. The Morgan fingerprint density at radius 1 is 1.29 bits per heavy atom. The Hall–Kier alpha value is -2.11. The summed E-state index contributed by atoms with van der Waals surface area (Å²) in [5.74, 6) is 0.250. The second kappa shape index (κ2) is 3.44. The lowest BCUT2D eigenvalue weighted by Gasteiger charge is -2.20. The van der Waals surface area contributed by atoms with Crippen LogP contribution < -0.4 is 17.0 Å². The van der Waals surface area contributed by atoms with E-state index in [2.05, 4.69) is 15.0 Å². The van der Waals surface area contributed by atoms with Gasteiger partial charge in [-0.15, -0.1) is 0 Å². The minimum atomic E-state index is -0.358. The summed E-state index contributed by atoms with van der Waals surface area (Å²) in [7, 11) is 0. The van der Waals surface area contributed by atoms with Gasteiger partial charge in [-0.1, -0.05) is 20.8 Å². The fourth-order valence-corrected chi connectivity index (χ4v) is 1.73. The minimum absolute atomic E-state index is 0.0820. The fourth-order valence-electron chi connectivity index (χ4n) is 1.73. The lowest BCUT2D eigenvalue weighted by atomic mass is 9.87. The van der Waals surface area contributed by atoms with Crippen molar-refractivity contribution in [3.05, 3.63) is 22.1 Å². The van der Waals surface area contributed by atoms with Crippen molar-refractivity contribution in [1.82, 2.24) is 15.0 Å². The lowest BCUT2D eigenvalue weighted by Crippen LogP contribution is -2.19. The summed E-state index contributed by atoms with van der Waals surface area (Å²) in [6, 6.07) is 0. The monoisotopic (exact) mass is 233 g/mol. The SMILES string of the molecule is CC(C)(C)c1cnc(N)c2c(=O)[nH]c(N)nc12. The Kier molecular flexibility index (Phi) is 2.30. The van der Waals surface area contributed by atoms with E-state index in [1.54, 1.807) is 6.20 Å². The van der Waals surface area contributed by atoms with Crippen LogP contribution in [0.15, 0.2) is 11.0 Å². The number of nitrogens with one attached hydrogen (secondary N) is 1. The topological polar surface area (TPSA) is 111 Å². The predicted octanol–water partition coefficient (Wildman–Crippen LogP) is 0.780. The van der Waals surface area contributed by atoms with Crippen LogP contribution in [0.4, 0.5) is 11.8 Å². The van der Waals surface area contributed by atoms with Crippen molar-refractivity contribution >= 4 is 22.7 Å². The number of hydrogen-bond donors (Lipinski definition) is 3. The molecular weight excluding hydrogens is 218 g/mol. The van der Waals surface area contributed by atoms with Crippen molar-refractivity contribution < 1.29 is 0 Å². The van der Waals surface area contributed by atoms with Gasteiger partial charge >= 0.3 is 0 Å². The molecule has 0 atom stereocenters. The maximum absolute atomic E-state index is 11.8. The van der Waals surface area contributed by atoms with Crippen molar-refractivity contribution in [3.63, 3.8) is 0 Å². The molecule has 0 amide bonds. The van der Waals surface area contributed by atoms with E-state index in [0.717, 1.165) is 5.56 Å². The molecule has 17 heavy (non-hydrogen) atoms. The zero-order valence-electron chi connectivity index (χ0n) is 10.0. The second-order valence-electron chi connectivity index (χ2n) is 4.98. The molecule has 0 aliphatic heterocycles. The molecule has 0 spiro atoms. The lowest BCUT2D eigenvalue weighted by molar-refractivity contribution is 0.592. The van der Waals surface area contributed by atoms with Crippen LogP contribution in [-0.2, 0) is 5.41 Å². The standard InChI is InChI=1S/C11H15N5O/c1-11(2,3)5-4-14-8(12)6-7(5)15-10(13)16-9(6)17/h4H,1-3H3,(H2,12,14)(H3,13,15,16,17). The zero-order valence-corrected chi connectivity index (χ0v) is 10.0. The molecule has 0 aliphatic carbocycles. The molecule has 2 aromatic rings. The van der Waals surface area contributed by atoms with Crippen molar-refractivity contribution in [2.24, 2.45) is 0 Å². The predicted molar refractivity (Wildman–Crippen MR) is 67.7 cm³/mol. The first kappa shape index (κ1) is 11.4. The van der Waals surface area contributed by atoms with Gasteiger partial charge in [-0.2, -0.15) is 0 Å².